The fourth-order valence-electron chi connectivity index (χ4n) is 1.85. The number of imidazole rings is 1. The van der Waals surface area contributed by atoms with Gasteiger partial charge in [-0.15, -0.1) is 0 Å². The van der Waals surface area contributed by atoms with Crippen molar-refractivity contribution in [1.29, 1.82) is 0 Å². The summed E-state index contributed by atoms with van der Waals surface area (Å²) < 4.78 is 7.73. The summed E-state index contributed by atoms with van der Waals surface area (Å²) in [5, 5.41) is 0. The molecule has 2 rings (SSSR count). The third-order valence-corrected chi connectivity index (χ3v) is 3.06. The molecule has 3 nitrogen and oxygen atoms in total. The first-order valence-corrected chi connectivity index (χ1v) is 6.36. The predicted molar refractivity (Wildman–Crippen MR) is 72.9 cm³/mol. The van der Waals surface area contributed by atoms with E-state index in [2.05, 4.69) is 31.0 Å². The molecule has 0 radical (unpaired) electrons. The second-order valence-corrected chi connectivity index (χ2v) is 4.78. The van der Waals surface area contributed by atoms with E-state index in [0.717, 1.165) is 18.0 Å². The summed E-state index contributed by atoms with van der Waals surface area (Å²) >= 11 is 0. The molecule has 1 aromatic heterocycles. The summed E-state index contributed by atoms with van der Waals surface area (Å²) in [6.07, 6.45) is 4.59. The van der Waals surface area contributed by atoms with Crippen molar-refractivity contribution in [2.75, 3.05) is 6.61 Å². The summed E-state index contributed by atoms with van der Waals surface area (Å²) in [5.41, 5.74) is 1.34. The van der Waals surface area contributed by atoms with Crippen molar-refractivity contribution < 1.29 is 4.74 Å². The second-order valence-electron chi connectivity index (χ2n) is 4.78. The zero-order valence-corrected chi connectivity index (χ0v) is 11.3. The Morgan fingerprint density at radius 3 is 2.50 bits per heavy atom. The molecule has 0 aliphatic heterocycles. The number of ether oxygens (including phenoxy) is 1. The zero-order chi connectivity index (χ0) is 13.0. The zero-order valence-electron chi connectivity index (χ0n) is 11.3. The van der Waals surface area contributed by atoms with Gasteiger partial charge in [-0.1, -0.05) is 26.0 Å². The Labute approximate surface area is 108 Å². The summed E-state index contributed by atoms with van der Waals surface area (Å²) in [7, 11) is 2.00. The van der Waals surface area contributed by atoms with Gasteiger partial charge in [0.2, 0.25) is 0 Å². The molecule has 1 heterocycles. The van der Waals surface area contributed by atoms with Crippen LogP contribution in [0.15, 0.2) is 36.7 Å². The van der Waals surface area contributed by atoms with Gasteiger partial charge >= 0.3 is 0 Å². The van der Waals surface area contributed by atoms with Crippen molar-refractivity contribution in [2.45, 2.75) is 26.2 Å². The summed E-state index contributed by atoms with van der Waals surface area (Å²) in [6, 6.07) is 8.32. The highest BCUT2D eigenvalue weighted by molar-refractivity contribution is 5.28. The Morgan fingerprint density at radius 1 is 1.22 bits per heavy atom. The van der Waals surface area contributed by atoms with Crippen LogP contribution in [0.3, 0.4) is 0 Å². The first kappa shape index (κ1) is 12.7. The van der Waals surface area contributed by atoms with Crippen LogP contribution in [-0.2, 0) is 13.5 Å². The van der Waals surface area contributed by atoms with E-state index in [1.165, 1.54) is 5.56 Å². The van der Waals surface area contributed by atoms with Crippen molar-refractivity contribution in [2.24, 2.45) is 7.05 Å². The molecule has 18 heavy (non-hydrogen) atoms. The van der Waals surface area contributed by atoms with Gasteiger partial charge in [-0.2, -0.15) is 0 Å². The third kappa shape index (κ3) is 3.13. The Kier molecular flexibility index (Phi) is 4.03. The van der Waals surface area contributed by atoms with E-state index in [1.54, 1.807) is 0 Å². The fraction of sp³-hybridized carbons (Fsp3) is 0.400. The standard InChI is InChI=1S/C15H20N2O/c1-12(2)13-4-6-14(7-5-13)18-11-8-15-16-9-10-17(15)3/h4-7,9-10,12H,8,11H2,1-3H3. The van der Waals surface area contributed by atoms with Crippen molar-refractivity contribution in [1.82, 2.24) is 9.55 Å². The van der Waals surface area contributed by atoms with Crippen LogP contribution in [-0.4, -0.2) is 16.2 Å². The molecule has 0 saturated heterocycles. The van der Waals surface area contributed by atoms with E-state index in [1.807, 2.05) is 36.1 Å². The van der Waals surface area contributed by atoms with Gasteiger partial charge < -0.3 is 9.30 Å². The Balaban J connectivity index is 1.85. The van der Waals surface area contributed by atoms with Crippen LogP contribution in [0.2, 0.25) is 0 Å². The van der Waals surface area contributed by atoms with Gasteiger partial charge in [0.15, 0.2) is 0 Å². The maximum absolute atomic E-state index is 5.72. The molecule has 0 unspecified atom stereocenters. The molecule has 0 fully saturated rings. The molecular weight excluding hydrogens is 224 g/mol. The number of aryl methyl sites for hydroxylation is 1. The molecule has 2 aromatic rings. The summed E-state index contributed by atoms with van der Waals surface area (Å²) in [6.45, 7) is 5.04. The van der Waals surface area contributed by atoms with Crippen molar-refractivity contribution in [3.63, 3.8) is 0 Å². The largest absolute Gasteiger partial charge is 0.493 e. The van der Waals surface area contributed by atoms with Crippen molar-refractivity contribution in [3.8, 4) is 5.75 Å². The molecule has 0 aliphatic carbocycles. The van der Waals surface area contributed by atoms with E-state index in [4.69, 9.17) is 4.74 Å². The van der Waals surface area contributed by atoms with Crippen LogP contribution in [0, 0.1) is 0 Å². The fourth-order valence-corrected chi connectivity index (χ4v) is 1.85. The van der Waals surface area contributed by atoms with Crippen LogP contribution in [0.25, 0.3) is 0 Å². The van der Waals surface area contributed by atoms with Gasteiger partial charge in [-0.05, 0) is 23.6 Å². The summed E-state index contributed by atoms with van der Waals surface area (Å²) in [4.78, 5) is 4.27. The van der Waals surface area contributed by atoms with Gasteiger partial charge in [-0.25, -0.2) is 4.98 Å². The Hall–Kier alpha value is -1.77. The highest BCUT2D eigenvalue weighted by Crippen LogP contribution is 2.18. The van der Waals surface area contributed by atoms with Gasteiger partial charge in [0, 0.05) is 25.9 Å². The lowest BCUT2D eigenvalue weighted by Crippen LogP contribution is -2.06. The first-order valence-electron chi connectivity index (χ1n) is 6.36. The Bertz CT molecular complexity index is 485. The lowest BCUT2D eigenvalue weighted by atomic mass is 10.0. The molecule has 0 aliphatic rings. The first-order chi connectivity index (χ1) is 8.66. The van der Waals surface area contributed by atoms with E-state index in [-0.39, 0.29) is 0 Å². The van der Waals surface area contributed by atoms with Crippen LogP contribution in [0.1, 0.15) is 31.2 Å². The number of nitrogens with zero attached hydrogens (tertiary/aromatic N) is 2. The van der Waals surface area contributed by atoms with Gasteiger partial charge in [0.1, 0.15) is 11.6 Å². The molecule has 3 heteroatoms. The average molecular weight is 244 g/mol. The number of aromatic nitrogens is 2. The highest BCUT2D eigenvalue weighted by Gasteiger charge is 2.01. The molecule has 96 valence electrons. The SMILES string of the molecule is CC(C)c1ccc(OCCc2nccn2C)cc1. The molecule has 0 saturated carbocycles. The van der Waals surface area contributed by atoms with Crippen LogP contribution >= 0.6 is 0 Å². The van der Waals surface area contributed by atoms with Crippen LogP contribution in [0.4, 0.5) is 0 Å². The maximum Gasteiger partial charge on any atom is 0.119 e. The van der Waals surface area contributed by atoms with Gasteiger partial charge in [0.25, 0.3) is 0 Å². The molecule has 1 aromatic carbocycles. The highest BCUT2D eigenvalue weighted by atomic mass is 16.5. The molecule has 0 bridgehead atoms. The molecular formula is C15H20N2O. The average Bonchev–Trinajstić information content (AvgIpc) is 2.76. The lowest BCUT2D eigenvalue weighted by Gasteiger charge is -2.09. The third-order valence-electron chi connectivity index (χ3n) is 3.06. The Morgan fingerprint density at radius 2 is 1.94 bits per heavy atom. The predicted octanol–water partition coefficient (Wildman–Crippen LogP) is 3.17. The molecule has 0 atom stereocenters. The van der Waals surface area contributed by atoms with Crippen LogP contribution < -0.4 is 4.74 Å². The van der Waals surface area contributed by atoms with Gasteiger partial charge in [-0.3, -0.25) is 0 Å². The summed E-state index contributed by atoms with van der Waals surface area (Å²) in [5.74, 6) is 2.54. The minimum atomic E-state index is 0.562. The smallest absolute Gasteiger partial charge is 0.119 e. The van der Waals surface area contributed by atoms with Gasteiger partial charge in [0.05, 0.1) is 6.61 Å². The lowest BCUT2D eigenvalue weighted by molar-refractivity contribution is 0.317. The van der Waals surface area contributed by atoms with Crippen LogP contribution in [0.5, 0.6) is 5.75 Å². The molecule has 0 amide bonds. The second kappa shape index (κ2) is 5.71. The number of benzene rings is 1. The monoisotopic (exact) mass is 244 g/mol. The maximum atomic E-state index is 5.72. The van der Waals surface area contributed by atoms with Crippen molar-refractivity contribution >= 4 is 0 Å². The minimum Gasteiger partial charge on any atom is -0.493 e. The number of rotatable bonds is 5. The minimum absolute atomic E-state index is 0.562. The van der Waals surface area contributed by atoms with E-state index in [0.29, 0.717) is 12.5 Å². The quantitative estimate of drug-likeness (QED) is 0.807. The topological polar surface area (TPSA) is 27.1 Å². The molecule has 0 spiro atoms. The number of hydrogen-bond donors (Lipinski definition) is 0. The van der Waals surface area contributed by atoms with Crippen molar-refractivity contribution in [3.05, 3.63) is 48.0 Å². The molecule has 0 N–H and O–H groups in total. The van der Waals surface area contributed by atoms with E-state index >= 15 is 0 Å². The van der Waals surface area contributed by atoms with E-state index in [9.17, 15) is 0 Å². The normalized spacial score (nSPS) is 10.9. The van der Waals surface area contributed by atoms with E-state index < -0.39 is 0 Å². The number of hydrogen-bond acceptors (Lipinski definition) is 2.